The zero-order chi connectivity index (χ0) is 7.98. The Hall–Kier alpha value is -0.0800. The van der Waals surface area contributed by atoms with Crippen LogP contribution in [0.15, 0.2) is 0 Å². The fourth-order valence-corrected chi connectivity index (χ4v) is 0.916. The molecule has 0 heterocycles. The van der Waals surface area contributed by atoms with Gasteiger partial charge in [0.1, 0.15) is 0 Å². The lowest BCUT2D eigenvalue weighted by molar-refractivity contribution is 0.0951. The van der Waals surface area contributed by atoms with Gasteiger partial charge in [-0.2, -0.15) is 0 Å². The highest BCUT2D eigenvalue weighted by molar-refractivity contribution is 4.57. The van der Waals surface area contributed by atoms with Crippen molar-refractivity contribution in [2.45, 2.75) is 32.8 Å². The number of hydrogen-bond acceptors (Lipinski definition) is 2. The van der Waals surface area contributed by atoms with E-state index in [1.807, 2.05) is 0 Å². The van der Waals surface area contributed by atoms with Crippen molar-refractivity contribution in [1.82, 2.24) is 0 Å². The summed E-state index contributed by atoms with van der Waals surface area (Å²) in [7, 11) is 1.65. The van der Waals surface area contributed by atoms with Gasteiger partial charge in [-0.05, 0) is 18.8 Å². The fourth-order valence-electron chi connectivity index (χ4n) is 0.916. The molecular weight excluding hydrogens is 128 g/mol. The Morgan fingerprint density at radius 3 is 2.40 bits per heavy atom. The molecule has 0 bridgehead atoms. The summed E-state index contributed by atoms with van der Waals surface area (Å²) < 4.78 is 4.83. The zero-order valence-corrected chi connectivity index (χ0v) is 7.13. The first-order valence-corrected chi connectivity index (χ1v) is 3.83. The lowest BCUT2D eigenvalue weighted by Crippen LogP contribution is -2.12. The van der Waals surface area contributed by atoms with Gasteiger partial charge in [-0.1, -0.05) is 13.8 Å². The summed E-state index contributed by atoms with van der Waals surface area (Å²) in [4.78, 5) is 0. The van der Waals surface area contributed by atoms with Crippen LogP contribution in [0.25, 0.3) is 0 Å². The molecule has 0 aliphatic carbocycles. The molecule has 0 rings (SSSR count). The minimum Gasteiger partial charge on any atom is -0.393 e. The quantitative estimate of drug-likeness (QED) is 0.635. The van der Waals surface area contributed by atoms with E-state index >= 15 is 0 Å². The van der Waals surface area contributed by atoms with Crippen LogP contribution in [0.3, 0.4) is 0 Å². The summed E-state index contributed by atoms with van der Waals surface area (Å²) in [6.07, 6.45) is 1.46. The highest BCUT2D eigenvalue weighted by Gasteiger charge is 2.05. The molecule has 1 atom stereocenters. The van der Waals surface area contributed by atoms with Gasteiger partial charge in [0, 0.05) is 13.7 Å². The number of aliphatic hydroxyl groups is 1. The SMILES string of the molecule is COCCC(O)CC(C)C. The van der Waals surface area contributed by atoms with Crippen LogP contribution in [0.4, 0.5) is 0 Å². The van der Waals surface area contributed by atoms with E-state index < -0.39 is 0 Å². The van der Waals surface area contributed by atoms with Crippen molar-refractivity contribution >= 4 is 0 Å². The Bertz CT molecular complexity index is 71.7. The molecule has 2 heteroatoms. The molecule has 2 nitrogen and oxygen atoms in total. The van der Waals surface area contributed by atoms with Crippen LogP contribution < -0.4 is 0 Å². The van der Waals surface area contributed by atoms with Gasteiger partial charge in [0.05, 0.1) is 6.10 Å². The lowest BCUT2D eigenvalue weighted by Gasteiger charge is -2.11. The van der Waals surface area contributed by atoms with E-state index in [1.54, 1.807) is 7.11 Å². The van der Waals surface area contributed by atoms with Crippen LogP contribution in [0, 0.1) is 5.92 Å². The average molecular weight is 146 g/mol. The third kappa shape index (κ3) is 6.05. The zero-order valence-electron chi connectivity index (χ0n) is 7.13. The van der Waals surface area contributed by atoms with Crippen molar-refractivity contribution in [3.05, 3.63) is 0 Å². The Balaban J connectivity index is 3.16. The monoisotopic (exact) mass is 146 g/mol. The van der Waals surface area contributed by atoms with Crippen LogP contribution in [-0.2, 0) is 4.74 Å². The second-order valence-electron chi connectivity index (χ2n) is 3.06. The standard InChI is InChI=1S/C8H18O2/c1-7(2)6-8(9)4-5-10-3/h7-9H,4-6H2,1-3H3. The topological polar surface area (TPSA) is 29.5 Å². The molecule has 10 heavy (non-hydrogen) atoms. The van der Waals surface area contributed by atoms with Crippen LogP contribution in [0.5, 0.6) is 0 Å². The summed E-state index contributed by atoms with van der Waals surface area (Å²) >= 11 is 0. The Kier molecular flexibility index (Phi) is 5.64. The minimum atomic E-state index is -0.181. The summed E-state index contributed by atoms with van der Waals surface area (Å²) in [5.41, 5.74) is 0. The van der Waals surface area contributed by atoms with Gasteiger partial charge in [-0.25, -0.2) is 0 Å². The molecule has 0 radical (unpaired) electrons. The van der Waals surface area contributed by atoms with Crippen LogP contribution in [0.1, 0.15) is 26.7 Å². The molecular formula is C8H18O2. The molecule has 0 spiro atoms. The number of aliphatic hydroxyl groups excluding tert-OH is 1. The molecule has 0 aromatic heterocycles. The maximum atomic E-state index is 9.27. The fraction of sp³-hybridized carbons (Fsp3) is 1.00. The number of rotatable bonds is 5. The Morgan fingerprint density at radius 2 is 2.00 bits per heavy atom. The Labute approximate surface area is 63.2 Å². The number of ether oxygens (including phenoxy) is 1. The minimum absolute atomic E-state index is 0.181. The molecule has 0 aromatic rings. The van der Waals surface area contributed by atoms with Gasteiger partial charge < -0.3 is 9.84 Å². The van der Waals surface area contributed by atoms with Gasteiger partial charge in [-0.15, -0.1) is 0 Å². The van der Waals surface area contributed by atoms with E-state index in [0.29, 0.717) is 12.5 Å². The van der Waals surface area contributed by atoms with Crippen LogP contribution in [-0.4, -0.2) is 24.9 Å². The molecule has 0 saturated carbocycles. The first-order valence-electron chi connectivity index (χ1n) is 3.83. The largest absolute Gasteiger partial charge is 0.393 e. The van der Waals surface area contributed by atoms with Gasteiger partial charge in [0.25, 0.3) is 0 Å². The van der Waals surface area contributed by atoms with E-state index in [2.05, 4.69) is 13.8 Å². The van der Waals surface area contributed by atoms with Gasteiger partial charge >= 0.3 is 0 Å². The summed E-state index contributed by atoms with van der Waals surface area (Å²) in [5, 5.41) is 9.27. The second-order valence-corrected chi connectivity index (χ2v) is 3.06. The van der Waals surface area contributed by atoms with Crippen molar-refractivity contribution in [3.8, 4) is 0 Å². The number of methoxy groups -OCH3 is 1. The first-order chi connectivity index (χ1) is 4.66. The van der Waals surface area contributed by atoms with Crippen molar-refractivity contribution in [1.29, 1.82) is 0 Å². The third-order valence-corrected chi connectivity index (χ3v) is 1.40. The molecule has 0 aromatic carbocycles. The van der Waals surface area contributed by atoms with Crippen molar-refractivity contribution in [3.63, 3.8) is 0 Å². The summed E-state index contributed by atoms with van der Waals surface area (Å²) in [6, 6.07) is 0. The molecule has 0 amide bonds. The normalized spacial score (nSPS) is 14.1. The van der Waals surface area contributed by atoms with Crippen LogP contribution in [0.2, 0.25) is 0 Å². The molecule has 62 valence electrons. The van der Waals surface area contributed by atoms with Gasteiger partial charge in [0.2, 0.25) is 0 Å². The molecule has 0 saturated heterocycles. The summed E-state index contributed by atoms with van der Waals surface area (Å²) in [5.74, 6) is 0.576. The van der Waals surface area contributed by atoms with E-state index in [-0.39, 0.29) is 6.10 Å². The van der Waals surface area contributed by atoms with Crippen molar-refractivity contribution in [2.24, 2.45) is 5.92 Å². The number of hydrogen-bond donors (Lipinski definition) is 1. The maximum Gasteiger partial charge on any atom is 0.0564 e. The van der Waals surface area contributed by atoms with E-state index in [0.717, 1.165) is 12.8 Å². The molecule has 0 aliphatic rings. The van der Waals surface area contributed by atoms with Crippen LogP contribution >= 0.6 is 0 Å². The molecule has 0 fully saturated rings. The smallest absolute Gasteiger partial charge is 0.0564 e. The predicted octanol–water partition coefficient (Wildman–Crippen LogP) is 1.43. The highest BCUT2D eigenvalue weighted by Crippen LogP contribution is 2.06. The van der Waals surface area contributed by atoms with Crippen molar-refractivity contribution < 1.29 is 9.84 Å². The van der Waals surface area contributed by atoms with E-state index in [1.165, 1.54) is 0 Å². The molecule has 1 unspecified atom stereocenters. The molecule has 1 N–H and O–H groups in total. The molecule has 0 aliphatic heterocycles. The van der Waals surface area contributed by atoms with E-state index in [4.69, 9.17) is 4.74 Å². The first kappa shape index (κ1) is 9.92. The van der Waals surface area contributed by atoms with Gasteiger partial charge in [0.15, 0.2) is 0 Å². The average Bonchev–Trinajstić information content (AvgIpc) is 1.82. The predicted molar refractivity (Wildman–Crippen MR) is 42.0 cm³/mol. The lowest BCUT2D eigenvalue weighted by atomic mass is 10.0. The van der Waals surface area contributed by atoms with Gasteiger partial charge in [-0.3, -0.25) is 0 Å². The second kappa shape index (κ2) is 5.69. The maximum absolute atomic E-state index is 9.27. The van der Waals surface area contributed by atoms with Crippen molar-refractivity contribution in [2.75, 3.05) is 13.7 Å². The summed E-state index contributed by atoms with van der Waals surface area (Å²) in [6.45, 7) is 4.87. The van der Waals surface area contributed by atoms with E-state index in [9.17, 15) is 5.11 Å². The third-order valence-electron chi connectivity index (χ3n) is 1.40. The highest BCUT2D eigenvalue weighted by atomic mass is 16.5. The Morgan fingerprint density at radius 1 is 1.40 bits per heavy atom.